The minimum absolute atomic E-state index is 0.169. The molecule has 0 amide bonds. The average molecular weight is 492 g/mol. The van der Waals surface area contributed by atoms with Crippen molar-refractivity contribution in [1.82, 2.24) is 24.3 Å². The molecule has 160 valence electrons. The Bertz CT molecular complexity index is 1440. The van der Waals surface area contributed by atoms with Crippen LogP contribution in [-0.2, 0) is 6.54 Å². The first-order chi connectivity index (χ1) is 15.6. The van der Waals surface area contributed by atoms with Gasteiger partial charge in [0, 0.05) is 28.0 Å². The van der Waals surface area contributed by atoms with E-state index in [1.807, 2.05) is 55.5 Å². The molecule has 0 aliphatic heterocycles. The number of hydrogen-bond donors (Lipinski definition) is 0. The van der Waals surface area contributed by atoms with E-state index in [1.54, 1.807) is 23.0 Å². The molecular formula is C23H18BrN5O3. The highest BCUT2D eigenvalue weighted by atomic mass is 79.9. The zero-order valence-electron chi connectivity index (χ0n) is 17.1. The standard InChI is InChI=1S/C23H18BrN5O3/c1-2-31-18-9-5-15(6-10-18)19-13-20-23(30)28(11-12-29(20)26-19)14-21-25-22(27-32-21)16-3-7-17(24)8-4-16/h3-13H,2,14H2,1H3. The summed E-state index contributed by atoms with van der Waals surface area (Å²) >= 11 is 3.41. The molecular weight excluding hydrogens is 474 g/mol. The van der Waals surface area contributed by atoms with Crippen LogP contribution in [0.1, 0.15) is 12.8 Å². The lowest BCUT2D eigenvalue weighted by atomic mass is 10.1. The van der Waals surface area contributed by atoms with Crippen molar-refractivity contribution >= 4 is 21.4 Å². The second kappa shape index (κ2) is 8.43. The van der Waals surface area contributed by atoms with Crippen LogP contribution in [0.25, 0.3) is 28.2 Å². The molecule has 32 heavy (non-hydrogen) atoms. The Labute approximate surface area is 191 Å². The first-order valence-electron chi connectivity index (χ1n) is 10.0. The van der Waals surface area contributed by atoms with E-state index >= 15 is 0 Å². The number of benzene rings is 2. The van der Waals surface area contributed by atoms with Crippen molar-refractivity contribution in [3.8, 4) is 28.4 Å². The predicted molar refractivity (Wildman–Crippen MR) is 123 cm³/mol. The SMILES string of the molecule is CCOc1ccc(-c2cc3c(=O)n(Cc4nc(-c5ccc(Br)cc5)no4)ccn3n2)cc1. The molecule has 0 radical (unpaired) electrons. The smallest absolute Gasteiger partial charge is 0.277 e. The summed E-state index contributed by atoms with van der Waals surface area (Å²) < 4.78 is 14.9. The summed E-state index contributed by atoms with van der Waals surface area (Å²) in [5, 5.41) is 8.55. The van der Waals surface area contributed by atoms with Crippen LogP contribution in [0.15, 0.2) is 80.8 Å². The molecule has 0 unspecified atom stereocenters. The fourth-order valence-corrected chi connectivity index (χ4v) is 3.63. The Balaban J connectivity index is 1.41. The Morgan fingerprint density at radius 2 is 1.78 bits per heavy atom. The molecule has 0 N–H and O–H groups in total. The second-order valence-electron chi connectivity index (χ2n) is 7.07. The summed E-state index contributed by atoms with van der Waals surface area (Å²) in [5.74, 6) is 1.62. The Morgan fingerprint density at radius 3 is 2.53 bits per heavy atom. The molecule has 9 heteroatoms. The fourth-order valence-electron chi connectivity index (χ4n) is 3.36. The van der Waals surface area contributed by atoms with Gasteiger partial charge in [-0.25, -0.2) is 4.52 Å². The topological polar surface area (TPSA) is 87.5 Å². The van der Waals surface area contributed by atoms with Crippen LogP contribution >= 0.6 is 15.9 Å². The third kappa shape index (κ3) is 3.94. The van der Waals surface area contributed by atoms with Crippen LogP contribution in [0.2, 0.25) is 0 Å². The van der Waals surface area contributed by atoms with Crippen molar-refractivity contribution in [3.05, 3.63) is 87.7 Å². The van der Waals surface area contributed by atoms with Crippen LogP contribution in [0.4, 0.5) is 0 Å². The normalized spacial score (nSPS) is 11.2. The first-order valence-corrected chi connectivity index (χ1v) is 10.8. The molecule has 0 spiro atoms. The van der Waals surface area contributed by atoms with Gasteiger partial charge >= 0.3 is 0 Å². The van der Waals surface area contributed by atoms with E-state index in [-0.39, 0.29) is 12.1 Å². The van der Waals surface area contributed by atoms with Gasteiger partial charge in [0.2, 0.25) is 11.7 Å². The molecule has 0 saturated heterocycles. The van der Waals surface area contributed by atoms with Crippen molar-refractivity contribution < 1.29 is 9.26 Å². The summed E-state index contributed by atoms with van der Waals surface area (Å²) in [7, 11) is 0. The molecule has 5 aromatic rings. The van der Waals surface area contributed by atoms with Gasteiger partial charge in [0.1, 0.15) is 17.8 Å². The predicted octanol–water partition coefficient (Wildman–Crippen LogP) is 4.42. The highest BCUT2D eigenvalue weighted by Gasteiger charge is 2.13. The van der Waals surface area contributed by atoms with Crippen molar-refractivity contribution in [3.63, 3.8) is 0 Å². The number of aromatic nitrogens is 5. The zero-order valence-corrected chi connectivity index (χ0v) is 18.7. The average Bonchev–Trinajstić information content (AvgIpc) is 3.45. The molecule has 3 aromatic heterocycles. The third-order valence-corrected chi connectivity index (χ3v) is 5.47. The number of nitrogens with zero attached hydrogens (tertiary/aromatic N) is 5. The first kappa shape index (κ1) is 20.2. The highest BCUT2D eigenvalue weighted by molar-refractivity contribution is 9.10. The number of halogens is 1. The number of fused-ring (bicyclic) bond motifs is 1. The van der Waals surface area contributed by atoms with Gasteiger partial charge in [-0.3, -0.25) is 4.79 Å². The zero-order chi connectivity index (χ0) is 22.1. The highest BCUT2D eigenvalue weighted by Crippen LogP contribution is 2.22. The summed E-state index contributed by atoms with van der Waals surface area (Å²) in [6.07, 6.45) is 3.40. The van der Waals surface area contributed by atoms with Crippen LogP contribution in [0.3, 0.4) is 0 Å². The van der Waals surface area contributed by atoms with Crippen LogP contribution < -0.4 is 10.3 Å². The molecule has 0 aliphatic carbocycles. The van der Waals surface area contributed by atoms with Crippen molar-refractivity contribution in [2.75, 3.05) is 6.61 Å². The summed E-state index contributed by atoms with van der Waals surface area (Å²) in [6.45, 7) is 2.72. The minimum Gasteiger partial charge on any atom is -0.494 e. The maximum Gasteiger partial charge on any atom is 0.277 e. The van der Waals surface area contributed by atoms with Gasteiger partial charge < -0.3 is 13.8 Å². The van der Waals surface area contributed by atoms with E-state index in [9.17, 15) is 4.79 Å². The van der Waals surface area contributed by atoms with E-state index in [4.69, 9.17) is 9.26 Å². The summed E-state index contributed by atoms with van der Waals surface area (Å²) in [4.78, 5) is 17.4. The van der Waals surface area contributed by atoms with E-state index in [0.717, 1.165) is 21.3 Å². The van der Waals surface area contributed by atoms with Gasteiger partial charge in [-0.05, 0) is 61.5 Å². The van der Waals surface area contributed by atoms with E-state index in [1.165, 1.54) is 4.57 Å². The van der Waals surface area contributed by atoms with Crippen LogP contribution in [-0.4, -0.2) is 30.9 Å². The van der Waals surface area contributed by atoms with Crippen molar-refractivity contribution in [2.24, 2.45) is 0 Å². The number of hydrogen-bond acceptors (Lipinski definition) is 6. The molecule has 8 nitrogen and oxygen atoms in total. The monoisotopic (exact) mass is 491 g/mol. The maximum atomic E-state index is 13.0. The Hall–Kier alpha value is -3.72. The summed E-state index contributed by atoms with van der Waals surface area (Å²) in [5.41, 5.74) is 2.71. The lowest BCUT2D eigenvalue weighted by Gasteiger charge is -2.02. The largest absolute Gasteiger partial charge is 0.494 e. The second-order valence-corrected chi connectivity index (χ2v) is 7.98. The molecule has 2 aromatic carbocycles. The van der Waals surface area contributed by atoms with Gasteiger partial charge in [-0.1, -0.05) is 21.1 Å². The third-order valence-electron chi connectivity index (χ3n) is 4.94. The van der Waals surface area contributed by atoms with Crippen LogP contribution in [0, 0.1) is 0 Å². The van der Waals surface area contributed by atoms with Gasteiger partial charge in [0.05, 0.1) is 12.3 Å². The Morgan fingerprint density at radius 1 is 1.03 bits per heavy atom. The minimum atomic E-state index is -0.194. The summed E-state index contributed by atoms with van der Waals surface area (Å²) in [6, 6.07) is 17.0. The number of rotatable bonds is 6. The molecule has 5 rings (SSSR count). The quantitative estimate of drug-likeness (QED) is 0.349. The molecule has 0 saturated carbocycles. The van der Waals surface area contributed by atoms with Gasteiger partial charge in [-0.2, -0.15) is 10.1 Å². The molecule has 0 atom stereocenters. The van der Waals surface area contributed by atoms with E-state index in [2.05, 4.69) is 31.2 Å². The van der Waals surface area contributed by atoms with Gasteiger partial charge in [0.15, 0.2) is 0 Å². The van der Waals surface area contributed by atoms with Crippen LogP contribution in [0.5, 0.6) is 5.75 Å². The number of ether oxygens (including phenoxy) is 1. The van der Waals surface area contributed by atoms with E-state index in [0.29, 0.717) is 29.5 Å². The van der Waals surface area contributed by atoms with Gasteiger partial charge in [0.25, 0.3) is 5.56 Å². The Kier molecular flexibility index (Phi) is 5.32. The molecule has 0 aliphatic rings. The fraction of sp³-hybridized carbons (Fsp3) is 0.130. The lowest BCUT2D eigenvalue weighted by Crippen LogP contribution is -2.21. The molecule has 0 bridgehead atoms. The van der Waals surface area contributed by atoms with Crippen molar-refractivity contribution in [1.29, 1.82) is 0 Å². The molecule has 0 fully saturated rings. The van der Waals surface area contributed by atoms with Crippen molar-refractivity contribution in [2.45, 2.75) is 13.5 Å². The van der Waals surface area contributed by atoms with Gasteiger partial charge in [-0.15, -0.1) is 0 Å². The van der Waals surface area contributed by atoms with E-state index < -0.39 is 0 Å². The molecule has 3 heterocycles. The maximum absolute atomic E-state index is 13.0. The lowest BCUT2D eigenvalue weighted by molar-refractivity contribution is 0.340.